The predicted molar refractivity (Wildman–Crippen MR) is 68.8 cm³/mol. The molecular weight excluding hydrogens is 286 g/mol. The van der Waals surface area contributed by atoms with Crippen molar-refractivity contribution in [3.8, 4) is 11.7 Å². The van der Waals surface area contributed by atoms with Crippen molar-refractivity contribution >= 4 is 24.1 Å². The Balaban J connectivity index is 1.85. The molecular formula is C11H11N3O5S. The minimum atomic E-state index is -1.09. The third kappa shape index (κ3) is 3.60. The quantitative estimate of drug-likeness (QED) is 0.685. The van der Waals surface area contributed by atoms with E-state index in [0.717, 1.165) is 0 Å². The maximum atomic E-state index is 10.8. The molecule has 2 rings (SSSR count). The van der Waals surface area contributed by atoms with E-state index in [1.54, 1.807) is 12.1 Å². The number of hydrogen-bond acceptors (Lipinski definition) is 7. The van der Waals surface area contributed by atoms with Gasteiger partial charge in [0.2, 0.25) is 12.3 Å². The second-order valence-electron chi connectivity index (χ2n) is 3.67. The molecule has 0 radical (unpaired) electrons. The number of carbonyl (C=O) groups is 2. The Labute approximate surface area is 117 Å². The normalized spacial score (nSPS) is 12.0. The van der Waals surface area contributed by atoms with Gasteiger partial charge in [-0.3, -0.25) is 4.79 Å². The van der Waals surface area contributed by atoms with Gasteiger partial charge in [0.1, 0.15) is 6.04 Å². The van der Waals surface area contributed by atoms with Gasteiger partial charge in [-0.15, -0.1) is 22.0 Å². The lowest BCUT2D eigenvalue weighted by Gasteiger charge is -2.09. The molecule has 0 aliphatic carbocycles. The van der Waals surface area contributed by atoms with Crippen LogP contribution in [-0.2, 0) is 15.3 Å². The summed E-state index contributed by atoms with van der Waals surface area (Å²) >= 11 is 1.26. The van der Waals surface area contributed by atoms with Gasteiger partial charge in [0.25, 0.3) is 5.89 Å². The molecule has 0 aliphatic rings. The zero-order valence-electron chi connectivity index (χ0n) is 10.2. The molecule has 2 aromatic rings. The van der Waals surface area contributed by atoms with E-state index in [0.29, 0.717) is 23.8 Å². The first-order valence-electron chi connectivity index (χ1n) is 5.57. The first-order valence-corrected chi connectivity index (χ1v) is 6.72. The number of carboxylic acids is 1. The molecule has 1 amide bonds. The van der Waals surface area contributed by atoms with E-state index >= 15 is 0 Å². The highest BCUT2D eigenvalue weighted by Gasteiger charge is 2.17. The third-order valence-corrected chi connectivity index (χ3v) is 3.30. The highest BCUT2D eigenvalue weighted by atomic mass is 32.2. The van der Waals surface area contributed by atoms with E-state index in [-0.39, 0.29) is 11.6 Å². The maximum absolute atomic E-state index is 10.8. The van der Waals surface area contributed by atoms with Crippen molar-refractivity contribution in [3.05, 3.63) is 24.3 Å². The van der Waals surface area contributed by atoms with Crippen LogP contribution < -0.4 is 5.32 Å². The Hall–Kier alpha value is -2.29. The van der Waals surface area contributed by atoms with E-state index < -0.39 is 12.0 Å². The number of nitrogens with one attached hydrogen (secondary N) is 1. The van der Waals surface area contributed by atoms with Crippen molar-refractivity contribution in [1.82, 2.24) is 15.5 Å². The number of hydrogen-bond donors (Lipinski definition) is 2. The Bertz CT molecular complexity index is 568. The van der Waals surface area contributed by atoms with Crippen LogP contribution in [0.15, 0.2) is 27.2 Å². The molecule has 2 heterocycles. The summed E-state index contributed by atoms with van der Waals surface area (Å²) in [6, 6.07) is 2.46. The van der Waals surface area contributed by atoms with Gasteiger partial charge in [0.15, 0.2) is 5.76 Å². The van der Waals surface area contributed by atoms with E-state index in [1.165, 1.54) is 18.0 Å². The van der Waals surface area contributed by atoms with Gasteiger partial charge in [-0.2, -0.15) is 0 Å². The molecule has 1 unspecified atom stereocenters. The summed E-state index contributed by atoms with van der Waals surface area (Å²) in [6.07, 6.45) is 1.86. The fourth-order valence-corrected chi connectivity index (χ4v) is 2.23. The molecule has 1 atom stereocenters. The number of rotatable bonds is 8. The summed E-state index contributed by atoms with van der Waals surface area (Å²) in [5.41, 5.74) is 0. The highest BCUT2D eigenvalue weighted by Crippen LogP contribution is 2.20. The Morgan fingerprint density at radius 2 is 2.40 bits per heavy atom. The molecule has 0 aromatic carbocycles. The second-order valence-corrected chi connectivity index (χ2v) is 4.70. The van der Waals surface area contributed by atoms with Crippen molar-refractivity contribution in [2.75, 3.05) is 5.75 Å². The second kappa shape index (κ2) is 6.75. The lowest BCUT2D eigenvalue weighted by atomic mass is 10.3. The average molecular weight is 297 g/mol. The molecule has 20 heavy (non-hydrogen) atoms. The summed E-state index contributed by atoms with van der Waals surface area (Å²) in [6.45, 7) is 0. The number of amides is 1. The standard InChI is InChI=1S/C11H11N3O5S/c15-6-12-7(11(16)17)4-20-5-9-13-14-10(19-9)8-2-1-3-18-8/h1-3,6-7H,4-5H2,(H,12,15)(H,16,17). The monoisotopic (exact) mass is 297 g/mol. The van der Waals surface area contributed by atoms with Crippen molar-refractivity contribution in [2.24, 2.45) is 0 Å². The Morgan fingerprint density at radius 1 is 1.55 bits per heavy atom. The Kier molecular flexibility index (Phi) is 4.77. The van der Waals surface area contributed by atoms with Gasteiger partial charge < -0.3 is 19.3 Å². The number of nitrogens with zero attached hydrogens (tertiary/aromatic N) is 2. The summed E-state index contributed by atoms with van der Waals surface area (Å²) in [5.74, 6) is 0.555. The maximum Gasteiger partial charge on any atom is 0.327 e. The van der Waals surface area contributed by atoms with E-state index in [2.05, 4.69) is 15.5 Å². The molecule has 9 heteroatoms. The molecule has 2 N–H and O–H groups in total. The molecule has 0 fully saturated rings. The molecule has 8 nitrogen and oxygen atoms in total. The van der Waals surface area contributed by atoms with Gasteiger partial charge in [-0.05, 0) is 12.1 Å². The molecule has 0 saturated carbocycles. The topological polar surface area (TPSA) is 118 Å². The Morgan fingerprint density at radius 3 is 3.05 bits per heavy atom. The van der Waals surface area contributed by atoms with Crippen LogP contribution in [0.3, 0.4) is 0 Å². The largest absolute Gasteiger partial charge is 0.480 e. The summed E-state index contributed by atoms with van der Waals surface area (Å²) in [7, 11) is 0. The molecule has 106 valence electrons. The van der Waals surface area contributed by atoms with Crippen molar-refractivity contribution < 1.29 is 23.5 Å². The fourth-order valence-electron chi connectivity index (χ4n) is 1.35. The lowest BCUT2D eigenvalue weighted by Crippen LogP contribution is -2.37. The predicted octanol–water partition coefficient (Wildman–Crippen LogP) is 0.762. The number of carbonyl (C=O) groups excluding carboxylic acids is 1. The van der Waals surface area contributed by atoms with Crippen LogP contribution in [0.4, 0.5) is 0 Å². The molecule has 0 saturated heterocycles. The van der Waals surface area contributed by atoms with Crippen LogP contribution in [0.1, 0.15) is 5.89 Å². The third-order valence-electron chi connectivity index (χ3n) is 2.28. The van der Waals surface area contributed by atoms with E-state index in [1.807, 2.05) is 0 Å². The van der Waals surface area contributed by atoms with Crippen LogP contribution in [0, 0.1) is 0 Å². The average Bonchev–Trinajstić information content (AvgIpc) is 3.08. The van der Waals surface area contributed by atoms with Crippen LogP contribution in [0.25, 0.3) is 11.7 Å². The van der Waals surface area contributed by atoms with Crippen LogP contribution in [0.5, 0.6) is 0 Å². The van der Waals surface area contributed by atoms with Gasteiger partial charge in [0, 0.05) is 5.75 Å². The number of carboxylic acid groups (broad SMARTS) is 1. The zero-order chi connectivity index (χ0) is 14.4. The minimum absolute atomic E-state index is 0.201. The van der Waals surface area contributed by atoms with Crippen molar-refractivity contribution in [1.29, 1.82) is 0 Å². The first-order chi connectivity index (χ1) is 9.70. The molecule has 0 aliphatic heterocycles. The minimum Gasteiger partial charge on any atom is -0.480 e. The number of aromatic nitrogens is 2. The lowest BCUT2D eigenvalue weighted by molar-refractivity contribution is -0.139. The molecule has 0 spiro atoms. The number of furan rings is 1. The highest BCUT2D eigenvalue weighted by molar-refractivity contribution is 7.98. The molecule has 2 aromatic heterocycles. The van der Waals surface area contributed by atoms with Crippen LogP contribution in [-0.4, -0.2) is 39.5 Å². The molecule has 0 bridgehead atoms. The van der Waals surface area contributed by atoms with E-state index in [9.17, 15) is 9.59 Å². The van der Waals surface area contributed by atoms with Gasteiger partial charge in [-0.25, -0.2) is 4.79 Å². The zero-order valence-corrected chi connectivity index (χ0v) is 11.0. The van der Waals surface area contributed by atoms with Crippen molar-refractivity contribution in [3.63, 3.8) is 0 Å². The summed E-state index contributed by atoms with van der Waals surface area (Å²) in [5, 5.41) is 18.7. The summed E-state index contributed by atoms with van der Waals surface area (Å²) < 4.78 is 10.5. The van der Waals surface area contributed by atoms with Gasteiger partial charge in [0.05, 0.1) is 12.0 Å². The smallest absolute Gasteiger partial charge is 0.327 e. The number of thioether (sulfide) groups is 1. The van der Waals surface area contributed by atoms with Crippen LogP contribution in [0.2, 0.25) is 0 Å². The summed E-state index contributed by atoms with van der Waals surface area (Å²) in [4.78, 5) is 21.0. The van der Waals surface area contributed by atoms with Crippen LogP contribution >= 0.6 is 11.8 Å². The van der Waals surface area contributed by atoms with Gasteiger partial charge in [-0.1, -0.05) is 0 Å². The van der Waals surface area contributed by atoms with E-state index in [4.69, 9.17) is 13.9 Å². The fraction of sp³-hybridized carbons (Fsp3) is 0.273. The first kappa shape index (κ1) is 14.1. The number of aliphatic carboxylic acids is 1. The SMILES string of the molecule is O=CNC(CSCc1nnc(-c2ccco2)o1)C(=O)O. The van der Waals surface area contributed by atoms with Crippen molar-refractivity contribution in [2.45, 2.75) is 11.8 Å². The van der Waals surface area contributed by atoms with Gasteiger partial charge >= 0.3 is 5.97 Å².